The average molecular weight is 458 g/mol. The van der Waals surface area contributed by atoms with Crippen LogP contribution in [0.1, 0.15) is 43.9 Å². The molecule has 1 aromatic carbocycles. The lowest BCUT2D eigenvalue weighted by Crippen LogP contribution is -2.45. The molecule has 2 aromatic rings. The highest BCUT2D eigenvalue weighted by atomic mass is 16.5. The molecule has 1 atom stereocenters. The Morgan fingerprint density at radius 2 is 2.00 bits per heavy atom. The van der Waals surface area contributed by atoms with Crippen LogP contribution >= 0.6 is 0 Å². The van der Waals surface area contributed by atoms with Crippen molar-refractivity contribution in [3.05, 3.63) is 56.2 Å². The Morgan fingerprint density at radius 3 is 2.67 bits per heavy atom. The van der Waals surface area contributed by atoms with Crippen molar-refractivity contribution in [2.24, 2.45) is 0 Å². The number of benzene rings is 1. The van der Waals surface area contributed by atoms with Gasteiger partial charge in [-0.2, -0.15) is 0 Å². The lowest BCUT2D eigenvalue weighted by molar-refractivity contribution is -0.133. The summed E-state index contributed by atoms with van der Waals surface area (Å²) in [5, 5.41) is 0. The standard InChI is InChI=1S/C23H31N5O5/c1-4-10-28-21(24)20(22(31)25-23(28)32)27(12-13-33-3)19(30)14-18-17-8-6-5-7-16(17)9-11-26(18)15(2)29/h5-8,18H,4,9-14,24H2,1-3H3,(H,25,31,32). The van der Waals surface area contributed by atoms with Crippen molar-refractivity contribution >= 4 is 23.3 Å². The molecule has 33 heavy (non-hydrogen) atoms. The summed E-state index contributed by atoms with van der Waals surface area (Å²) in [6, 6.07) is 7.27. The number of aromatic amines is 1. The number of anilines is 2. The van der Waals surface area contributed by atoms with E-state index in [1.54, 1.807) is 4.90 Å². The van der Waals surface area contributed by atoms with Gasteiger partial charge < -0.3 is 20.3 Å². The summed E-state index contributed by atoms with van der Waals surface area (Å²) < 4.78 is 6.40. The summed E-state index contributed by atoms with van der Waals surface area (Å²) >= 11 is 0. The van der Waals surface area contributed by atoms with E-state index in [1.165, 1.54) is 23.5 Å². The van der Waals surface area contributed by atoms with Crippen LogP contribution in [-0.4, -0.2) is 53.1 Å². The predicted molar refractivity (Wildman–Crippen MR) is 125 cm³/mol. The monoisotopic (exact) mass is 457 g/mol. The number of rotatable bonds is 8. The first-order chi connectivity index (χ1) is 15.8. The molecule has 0 bridgehead atoms. The van der Waals surface area contributed by atoms with Gasteiger partial charge in [-0.05, 0) is 24.0 Å². The van der Waals surface area contributed by atoms with E-state index < -0.39 is 17.3 Å². The van der Waals surface area contributed by atoms with E-state index in [1.807, 2.05) is 31.2 Å². The van der Waals surface area contributed by atoms with Gasteiger partial charge in [-0.25, -0.2) is 4.79 Å². The molecule has 2 amide bonds. The summed E-state index contributed by atoms with van der Waals surface area (Å²) in [6.45, 7) is 4.40. The second-order valence-electron chi connectivity index (χ2n) is 8.06. The minimum Gasteiger partial charge on any atom is -0.383 e. The molecule has 1 aliphatic rings. The predicted octanol–water partition coefficient (Wildman–Crippen LogP) is 1.04. The van der Waals surface area contributed by atoms with Crippen LogP contribution in [0, 0.1) is 0 Å². The number of carbonyl (C=O) groups is 2. The van der Waals surface area contributed by atoms with Gasteiger partial charge in [0.25, 0.3) is 5.56 Å². The van der Waals surface area contributed by atoms with Crippen LogP contribution in [0.4, 0.5) is 11.5 Å². The summed E-state index contributed by atoms with van der Waals surface area (Å²) in [5.41, 5.74) is 6.78. The van der Waals surface area contributed by atoms with Crippen LogP contribution in [-0.2, 0) is 27.3 Å². The van der Waals surface area contributed by atoms with E-state index in [-0.39, 0.29) is 42.9 Å². The van der Waals surface area contributed by atoms with Crippen molar-refractivity contribution in [3.63, 3.8) is 0 Å². The molecule has 3 rings (SSSR count). The van der Waals surface area contributed by atoms with Gasteiger partial charge in [-0.1, -0.05) is 31.2 Å². The fraction of sp³-hybridized carbons (Fsp3) is 0.478. The van der Waals surface area contributed by atoms with Gasteiger partial charge in [0.1, 0.15) is 5.82 Å². The summed E-state index contributed by atoms with van der Waals surface area (Å²) in [7, 11) is 1.49. The molecular formula is C23H31N5O5. The van der Waals surface area contributed by atoms with Crippen molar-refractivity contribution in [3.8, 4) is 0 Å². The number of hydrogen-bond acceptors (Lipinski definition) is 6. The molecule has 0 fully saturated rings. The Hall–Kier alpha value is -3.40. The van der Waals surface area contributed by atoms with E-state index >= 15 is 0 Å². The van der Waals surface area contributed by atoms with Gasteiger partial charge >= 0.3 is 5.69 Å². The van der Waals surface area contributed by atoms with Crippen LogP contribution in [0.2, 0.25) is 0 Å². The summed E-state index contributed by atoms with van der Waals surface area (Å²) in [6.07, 6.45) is 1.29. The highest BCUT2D eigenvalue weighted by molar-refractivity contribution is 5.96. The highest BCUT2D eigenvalue weighted by Crippen LogP contribution is 2.33. The normalized spacial score (nSPS) is 15.2. The van der Waals surface area contributed by atoms with Crippen molar-refractivity contribution in [1.29, 1.82) is 0 Å². The van der Waals surface area contributed by atoms with Crippen LogP contribution in [0.15, 0.2) is 33.9 Å². The third kappa shape index (κ3) is 5.00. The minimum absolute atomic E-state index is 0.0356. The average Bonchev–Trinajstić information content (AvgIpc) is 2.78. The van der Waals surface area contributed by atoms with E-state index in [0.717, 1.165) is 11.1 Å². The number of amides is 2. The molecule has 10 heteroatoms. The first-order valence-electron chi connectivity index (χ1n) is 11.1. The zero-order chi connectivity index (χ0) is 24.1. The number of nitrogens with one attached hydrogen (secondary N) is 1. The van der Waals surface area contributed by atoms with E-state index in [9.17, 15) is 19.2 Å². The molecule has 0 spiro atoms. The smallest absolute Gasteiger partial charge is 0.330 e. The molecule has 10 nitrogen and oxygen atoms in total. The van der Waals surface area contributed by atoms with Gasteiger partial charge in [0, 0.05) is 33.7 Å². The lowest BCUT2D eigenvalue weighted by atomic mass is 9.90. The first kappa shape index (κ1) is 24.2. The number of methoxy groups -OCH3 is 1. The molecule has 0 saturated heterocycles. The molecule has 0 aliphatic carbocycles. The summed E-state index contributed by atoms with van der Waals surface area (Å²) in [4.78, 5) is 56.1. The van der Waals surface area contributed by atoms with E-state index in [2.05, 4.69) is 4.98 Å². The number of hydrogen-bond donors (Lipinski definition) is 2. The number of ether oxygens (including phenoxy) is 1. The first-order valence-corrected chi connectivity index (χ1v) is 11.1. The third-order valence-corrected chi connectivity index (χ3v) is 5.94. The number of nitrogens with two attached hydrogens (primary N) is 1. The number of H-pyrrole nitrogens is 1. The highest BCUT2D eigenvalue weighted by Gasteiger charge is 2.33. The maximum absolute atomic E-state index is 13.6. The second-order valence-corrected chi connectivity index (χ2v) is 8.06. The lowest BCUT2D eigenvalue weighted by Gasteiger charge is -2.37. The number of nitrogen functional groups attached to an aromatic ring is 1. The number of fused-ring (bicyclic) bond motifs is 1. The number of carbonyl (C=O) groups excluding carboxylic acids is 2. The Morgan fingerprint density at radius 1 is 1.27 bits per heavy atom. The largest absolute Gasteiger partial charge is 0.383 e. The van der Waals surface area contributed by atoms with Crippen LogP contribution in [0.5, 0.6) is 0 Å². The Bertz CT molecular complexity index is 1140. The van der Waals surface area contributed by atoms with Crippen molar-refractivity contribution < 1.29 is 14.3 Å². The second kappa shape index (κ2) is 10.5. The van der Waals surface area contributed by atoms with E-state index in [4.69, 9.17) is 10.5 Å². The topological polar surface area (TPSA) is 131 Å². The van der Waals surface area contributed by atoms with Crippen molar-refractivity contribution in [2.45, 2.75) is 45.7 Å². The van der Waals surface area contributed by atoms with Crippen LogP contribution in [0.25, 0.3) is 0 Å². The molecule has 1 aromatic heterocycles. The summed E-state index contributed by atoms with van der Waals surface area (Å²) in [5.74, 6) is -0.582. The zero-order valence-corrected chi connectivity index (χ0v) is 19.3. The van der Waals surface area contributed by atoms with Crippen LogP contribution in [0.3, 0.4) is 0 Å². The molecule has 0 radical (unpaired) electrons. The number of aromatic nitrogens is 2. The molecule has 1 aliphatic heterocycles. The van der Waals surface area contributed by atoms with Gasteiger partial charge in [-0.3, -0.25) is 23.9 Å². The minimum atomic E-state index is -0.734. The molecule has 178 valence electrons. The third-order valence-electron chi connectivity index (χ3n) is 5.94. The van der Waals surface area contributed by atoms with Crippen molar-refractivity contribution in [1.82, 2.24) is 14.5 Å². The molecule has 0 saturated carbocycles. The fourth-order valence-corrected chi connectivity index (χ4v) is 4.35. The van der Waals surface area contributed by atoms with Gasteiger partial charge in [0.15, 0.2) is 5.69 Å². The SMILES string of the molecule is CCCn1c(N)c(N(CCOC)C(=O)CC2c3ccccc3CCN2C(C)=O)c(=O)[nH]c1=O. The molecule has 3 N–H and O–H groups in total. The van der Waals surface area contributed by atoms with Gasteiger partial charge in [0.2, 0.25) is 11.8 Å². The zero-order valence-electron chi connectivity index (χ0n) is 19.3. The molecule has 2 heterocycles. The Balaban J connectivity index is 2.03. The van der Waals surface area contributed by atoms with Crippen LogP contribution < -0.4 is 21.9 Å². The molecule has 1 unspecified atom stereocenters. The Kier molecular flexibility index (Phi) is 7.70. The maximum atomic E-state index is 13.6. The fourth-order valence-electron chi connectivity index (χ4n) is 4.35. The van der Waals surface area contributed by atoms with E-state index in [0.29, 0.717) is 25.9 Å². The number of nitrogens with zero attached hydrogens (tertiary/aromatic N) is 3. The Labute approximate surface area is 191 Å². The molecular weight excluding hydrogens is 426 g/mol. The quantitative estimate of drug-likeness (QED) is 0.609. The van der Waals surface area contributed by atoms with Gasteiger partial charge in [0.05, 0.1) is 19.1 Å². The van der Waals surface area contributed by atoms with Crippen molar-refractivity contribution in [2.75, 3.05) is 37.4 Å². The maximum Gasteiger partial charge on any atom is 0.330 e. The van der Waals surface area contributed by atoms with Gasteiger partial charge in [-0.15, -0.1) is 0 Å².